The number of allylic oxidation sites excluding steroid dienone is 3. The SMILES string of the molecule is C=C(N)/C=C\C(=C)CCCCCCc1ccc(N)cc1. The van der Waals surface area contributed by atoms with E-state index < -0.39 is 0 Å². The third-order valence-electron chi connectivity index (χ3n) is 3.23. The summed E-state index contributed by atoms with van der Waals surface area (Å²) >= 11 is 0. The summed E-state index contributed by atoms with van der Waals surface area (Å²) in [4.78, 5) is 0. The summed E-state index contributed by atoms with van der Waals surface area (Å²) in [6, 6.07) is 8.16. The Morgan fingerprint density at radius 3 is 2.25 bits per heavy atom. The highest BCUT2D eigenvalue weighted by atomic mass is 14.5. The zero-order valence-electron chi connectivity index (χ0n) is 12.3. The van der Waals surface area contributed by atoms with Gasteiger partial charge in [0.15, 0.2) is 0 Å². The van der Waals surface area contributed by atoms with Crippen molar-refractivity contribution in [3.8, 4) is 0 Å². The molecule has 0 saturated carbocycles. The van der Waals surface area contributed by atoms with Crippen LogP contribution in [0.4, 0.5) is 5.69 Å². The lowest BCUT2D eigenvalue weighted by Gasteiger charge is -2.03. The Morgan fingerprint density at radius 2 is 1.60 bits per heavy atom. The molecular formula is C18H26N2. The van der Waals surface area contributed by atoms with E-state index in [4.69, 9.17) is 11.5 Å². The van der Waals surface area contributed by atoms with Gasteiger partial charge >= 0.3 is 0 Å². The van der Waals surface area contributed by atoms with Gasteiger partial charge in [0.05, 0.1) is 0 Å². The topological polar surface area (TPSA) is 52.0 Å². The summed E-state index contributed by atoms with van der Waals surface area (Å²) in [6.07, 6.45) is 10.8. The van der Waals surface area contributed by atoms with Crippen molar-refractivity contribution >= 4 is 5.69 Å². The van der Waals surface area contributed by atoms with E-state index in [1.807, 2.05) is 24.3 Å². The zero-order valence-corrected chi connectivity index (χ0v) is 12.3. The maximum atomic E-state index is 5.67. The Morgan fingerprint density at radius 1 is 0.950 bits per heavy atom. The van der Waals surface area contributed by atoms with Gasteiger partial charge in [-0.2, -0.15) is 0 Å². The van der Waals surface area contributed by atoms with Crippen molar-refractivity contribution in [3.63, 3.8) is 0 Å². The first-order valence-electron chi connectivity index (χ1n) is 7.22. The van der Waals surface area contributed by atoms with Gasteiger partial charge in [-0.25, -0.2) is 0 Å². The number of anilines is 1. The Labute approximate surface area is 122 Å². The molecule has 0 spiro atoms. The van der Waals surface area contributed by atoms with Crippen molar-refractivity contribution in [2.24, 2.45) is 5.73 Å². The number of nitrogens with two attached hydrogens (primary N) is 2. The number of aryl methyl sites for hydroxylation is 1. The van der Waals surface area contributed by atoms with E-state index >= 15 is 0 Å². The van der Waals surface area contributed by atoms with E-state index in [1.54, 1.807) is 0 Å². The van der Waals surface area contributed by atoms with Crippen LogP contribution in [0.1, 0.15) is 37.7 Å². The maximum absolute atomic E-state index is 5.67. The second-order valence-corrected chi connectivity index (χ2v) is 5.22. The minimum Gasteiger partial charge on any atom is -0.399 e. The highest BCUT2D eigenvalue weighted by Crippen LogP contribution is 2.13. The van der Waals surface area contributed by atoms with Crippen LogP contribution in [-0.4, -0.2) is 0 Å². The van der Waals surface area contributed by atoms with E-state index in [1.165, 1.54) is 31.2 Å². The molecule has 0 aromatic heterocycles. The zero-order chi connectivity index (χ0) is 14.8. The summed E-state index contributed by atoms with van der Waals surface area (Å²) in [5.74, 6) is 0. The molecule has 0 bridgehead atoms. The minimum atomic E-state index is 0.578. The van der Waals surface area contributed by atoms with Gasteiger partial charge in [-0.05, 0) is 49.5 Å². The Balaban J connectivity index is 2.06. The molecule has 0 amide bonds. The molecule has 2 heteroatoms. The molecule has 0 saturated heterocycles. The number of hydrogen-bond donors (Lipinski definition) is 2. The number of unbranched alkanes of at least 4 members (excludes halogenated alkanes) is 3. The van der Waals surface area contributed by atoms with Crippen molar-refractivity contribution < 1.29 is 0 Å². The molecule has 0 radical (unpaired) electrons. The van der Waals surface area contributed by atoms with Crippen molar-refractivity contribution in [1.82, 2.24) is 0 Å². The van der Waals surface area contributed by atoms with Gasteiger partial charge < -0.3 is 11.5 Å². The summed E-state index contributed by atoms with van der Waals surface area (Å²) in [7, 11) is 0. The molecule has 0 aliphatic carbocycles. The molecule has 0 unspecified atom stereocenters. The van der Waals surface area contributed by atoms with Crippen LogP contribution in [0.25, 0.3) is 0 Å². The molecule has 0 aliphatic heterocycles. The fourth-order valence-electron chi connectivity index (χ4n) is 2.03. The van der Waals surface area contributed by atoms with E-state index in [-0.39, 0.29) is 0 Å². The highest BCUT2D eigenvalue weighted by Gasteiger charge is 1.95. The average Bonchev–Trinajstić information content (AvgIpc) is 2.42. The van der Waals surface area contributed by atoms with E-state index in [2.05, 4.69) is 25.3 Å². The van der Waals surface area contributed by atoms with Crippen LogP contribution < -0.4 is 11.5 Å². The maximum Gasteiger partial charge on any atom is 0.0314 e. The second-order valence-electron chi connectivity index (χ2n) is 5.22. The van der Waals surface area contributed by atoms with E-state index in [0.717, 1.165) is 24.1 Å². The molecule has 1 aromatic carbocycles. The normalized spacial score (nSPS) is 10.8. The minimum absolute atomic E-state index is 0.578. The standard InChI is InChI=1S/C18H26N2/c1-15(9-10-16(2)19)7-5-3-4-6-8-17-11-13-18(20)14-12-17/h9-14H,1-8,19-20H2/b10-9-. The van der Waals surface area contributed by atoms with Crippen molar-refractivity contribution in [2.75, 3.05) is 5.73 Å². The van der Waals surface area contributed by atoms with Gasteiger partial charge in [0.1, 0.15) is 0 Å². The molecule has 2 nitrogen and oxygen atoms in total. The average molecular weight is 270 g/mol. The summed E-state index contributed by atoms with van der Waals surface area (Å²) in [5, 5.41) is 0. The first-order valence-corrected chi connectivity index (χ1v) is 7.22. The number of benzene rings is 1. The van der Waals surface area contributed by atoms with Gasteiger partial charge in [-0.1, -0.05) is 49.8 Å². The Bertz CT molecular complexity index is 455. The van der Waals surface area contributed by atoms with Crippen LogP contribution in [0.2, 0.25) is 0 Å². The quantitative estimate of drug-likeness (QED) is 0.398. The molecule has 0 aliphatic rings. The number of hydrogen-bond acceptors (Lipinski definition) is 2. The molecule has 0 heterocycles. The van der Waals surface area contributed by atoms with Crippen LogP contribution >= 0.6 is 0 Å². The van der Waals surface area contributed by atoms with Crippen LogP contribution in [0, 0.1) is 0 Å². The fraction of sp³-hybridized carbons (Fsp3) is 0.333. The predicted molar refractivity (Wildman–Crippen MR) is 89.3 cm³/mol. The van der Waals surface area contributed by atoms with Gasteiger partial charge in [0.2, 0.25) is 0 Å². The molecule has 20 heavy (non-hydrogen) atoms. The van der Waals surface area contributed by atoms with Crippen molar-refractivity contribution in [2.45, 2.75) is 38.5 Å². The molecular weight excluding hydrogens is 244 g/mol. The number of nitrogen functional groups attached to an aromatic ring is 1. The second kappa shape index (κ2) is 9.03. The van der Waals surface area contributed by atoms with Crippen LogP contribution in [-0.2, 0) is 6.42 Å². The van der Waals surface area contributed by atoms with Crippen LogP contribution in [0.15, 0.2) is 60.8 Å². The smallest absolute Gasteiger partial charge is 0.0314 e. The summed E-state index contributed by atoms with van der Waals surface area (Å²) in [5.41, 5.74) is 15.0. The lowest BCUT2D eigenvalue weighted by atomic mass is 10.0. The molecule has 1 aromatic rings. The Hall–Kier alpha value is -1.96. The summed E-state index contributed by atoms with van der Waals surface area (Å²) < 4.78 is 0. The molecule has 1 rings (SSSR count). The predicted octanol–water partition coefficient (Wildman–Crippen LogP) is 4.35. The highest BCUT2D eigenvalue weighted by molar-refractivity contribution is 5.39. The van der Waals surface area contributed by atoms with Crippen molar-refractivity contribution in [3.05, 3.63) is 66.4 Å². The van der Waals surface area contributed by atoms with E-state index in [0.29, 0.717) is 5.70 Å². The summed E-state index contributed by atoms with van der Waals surface area (Å²) in [6.45, 7) is 7.63. The fourth-order valence-corrected chi connectivity index (χ4v) is 2.03. The first kappa shape index (κ1) is 16.1. The van der Waals surface area contributed by atoms with Gasteiger partial charge in [-0.3, -0.25) is 0 Å². The monoisotopic (exact) mass is 270 g/mol. The third-order valence-corrected chi connectivity index (χ3v) is 3.23. The molecule has 0 atom stereocenters. The first-order chi connectivity index (χ1) is 9.58. The lowest BCUT2D eigenvalue weighted by molar-refractivity contribution is 0.642. The van der Waals surface area contributed by atoms with Gasteiger partial charge in [0, 0.05) is 11.4 Å². The van der Waals surface area contributed by atoms with Crippen molar-refractivity contribution in [1.29, 1.82) is 0 Å². The van der Waals surface area contributed by atoms with Crippen LogP contribution in [0.3, 0.4) is 0 Å². The van der Waals surface area contributed by atoms with Crippen LogP contribution in [0.5, 0.6) is 0 Å². The van der Waals surface area contributed by atoms with Gasteiger partial charge in [0.25, 0.3) is 0 Å². The van der Waals surface area contributed by atoms with Gasteiger partial charge in [-0.15, -0.1) is 0 Å². The largest absolute Gasteiger partial charge is 0.399 e. The lowest BCUT2D eigenvalue weighted by Crippen LogP contribution is -1.90. The molecule has 108 valence electrons. The number of rotatable bonds is 9. The third kappa shape index (κ3) is 7.47. The molecule has 0 fully saturated rings. The Kier molecular flexibility index (Phi) is 7.26. The van der Waals surface area contributed by atoms with E-state index in [9.17, 15) is 0 Å². The molecule has 4 N–H and O–H groups in total.